The fraction of sp³-hybridized carbons (Fsp3) is 0. The van der Waals surface area contributed by atoms with Crippen molar-refractivity contribution in [1.82, 2.24) is 0 Å². The number of hydrogen-bond acceptors (Lipinski definition) is 4. The standard InChI is InChI=1S/C14H10N2O3/c15-8-9-3-1-2-4-12(9)19-13-7-10(16)5-6-11(13)14(17)18/h1-7H,16H2,(H,17,18). The molecule has 3 N–H and O–H groups in total. The van der Waals surface area contributed by atoms with Crippen molar-refractivity contribution in [3.63, 3.8) is 0 Å². The molecule has 5 heteroatoms. The maximum Gasteiger partial charge on any atom is 0.339 e. The monoisotopic (exact) mass is 254 g/mol. The highest BCUT2D eigenvalue weighted by molar-refractivity contribution is 5.91. The minimum absolute atomic E-state index is 0.0121. The SMILES string of the molecule is N#Cc1ccccc1Oc1cc(N)ccc1C(=O)O. The summed E-state index contributed by atoms with van der Waals surface area (Å²) in [6.07, 6.45) is 0. The van der Waals surface area contributed by atoms with Gasteiger partial charge in [0.05, 0.1) is 5.56 Å². The molecule has 0 aliphatic carbocycles. The lowest BCUT2D eigenvalue weighted by Crippen LogP contribution is -2.01. The van der Waals surface area contributed by atoms with Crippen molar-refractivity contribution in [1.29, 1.82) is 5.26 Å². The van der Waals surface area contributed by atoms with Crippen LogP contribution in [0.15, 0.2) is 42.5 Å². The molecule has 0 fully saturated rings. The van der Waals surface area contributed by atoms with E-state index in [2.05, 4.69) is 0 Å². The molecule has 94 valence electrons. The minimum atomic E-state index is -1.12. The van der Waals surface area contributed by atoms with Crippen molar-refractivity contribution in [2.75, 3.05) is 5.73 Å². The molecule has 19 heavy (non-hydrogen) atoms. The van der Waals surface area contributed by atoms with Crippen LogP contribution in [0.4, 0.5) is 5.69 Å². The topological polar surface area (TPSA) is 96.3 Å². The van der Waals surface area contributed by atoms with E-state index in [0.29, 0.717) is 11.3 Å². The number of nitrogens with zero attached hydrogens (tertiary/aromatic N) is 1. The second-order valence-corrected chi connectivity index (χ2v) is 3.77. The average molecular weight is 254 g/mol. The van der Waals surface area contributed by atoms with E-state index in [4.69, 9.17) is 20.8 Å². The zero-order valence-electron chi connectivity index (χ0n) is 9.83. The van der Waals surface area contributed by atoms with Crippen molar-refractivity contribution in [3.05, 3.63) is 53.6 Å². The van der Waals surface area contributed by atoms with Gasteiger partial charge in [-0.15, -0.1) is 0 Å². The first-order valence-electron chi connectivity index (χ1n) is 5.41. The minimum Gasteiger partial charge on any atom is -0.478 e. The summed E-state index contributed by atoms with van der Waals surface area (Å²) in [6.45, 7) is 0. The molecule has 0 radical (unpaired) electrons. The Bertz CT molecular complexity index is 675. The van der Waals surface area contributed by atoms with Crippen LogP contribution >= 0.6 is 0 Å². The Balaban J connectivity index is 2.46. The van der Waals surface area contributed by atoms with E-state index in [1.807, 2.05) is 6.07 Å². The lowest BCUT2D eigenvalue weighted by atomic mass is 10.1. The fourth-order valence-electron chi connectivity index (χ4n) is 1.57. The van der Waals surface area contributed by atoms with Gasteiger partial charge in [-0.25, -0.2) is 4.79 Å². The number of nitrogen functional groups attached to an aromatic ring is 1. The number of nitrogens with two attached hydrogens (primary N) is 1. The summed E-state index contributed by atoms with van der Waals surface area (Å²) >= 11 is 0. The van der Waals surface area contributed by atoms with Crippen LogP contribution in [0.5, 0.6) is 11.5 Å². The maximum absolute atomic E-state index is 11.1. The largest absolute Gasteiger partial charge is 0.478 e. The van der Waals surface area contributed by atoms with Gasteiger partial charge in [0.1, 0.15) is 23.1 Å². The molecular weight excluding hydrogens is 244 g/mol. The van der Waals surface area contributed by atoms with E-state index in [9.17, 15) is 4.79 Å². The van der Waals surface area contributed by atoms with Gasteiger partial charge >= 0.3 is 5.97 Å². The highest BCUT2D eigenvalue weighted by atomic mass is 16.5. The zero-order valence-corrected chi connectivity index (χ0v) is 9.83. The first-order valence-corrected chi connectivity index (χ1v) is 5.41. The third-order valence-electron chi connectivity index (χ3n) is 2.46. The van der Waals surface area contributed by atoms with Crippen molar-refractivity contribution in [2.24, 2.45) is 0 Å². The zero-order chi connectivity index (χ0) is 13.8. The second-order valence-electron chi connectivity index (χ2n) is 3.77. The number of rotatable bonds is 3. The van der Waals surface area contributed by atoms with Crippen LogP contribution < -0.4 is 10.5 Å². The molecule has 0 unspecified atom stereocenters. The van der Waals surface area contributed by atoms with Gasteiger partial charge in [0.2, 0.25) is 0 Å². The van der Waals surface area contributed by atoms with Crippen molar-refractivity contribution in [3.8, 4) is 17.6 Å². The van der Waals surface area contributed by atoms with Crippen molar-refractivity contribution in [2.45, 2.75) is 0 Å². The number of benzene rings is 2. The molecule has 2 aromatic rings. The highest BCUT2D eigenvalue weighted by Crippen LogP contribution is 2.29. The summed E-state index contributed by atoms with van der Waals surface area (Å²) in [4.78, 5) is 11.1. The first kappa shape index (κ1) is 12.5. The Morgan fingerprint density at radius 3 is 2.63 bits per heavy atom. The Kier molecular flexibility index (Phi) is 3.35. The Morgan fingerprint density at radius 2 is 1.95 bits per heavy atom. The van der Waals surface area contributed by atoms with Gasteiger partial charge in [-0.1, -0.05) is 12.1 Å². The van der Waals surface area contributed by atoms with E-state index in [1.165, 1.54) is 18.2 Å². The molecule has 0 bridgehead atoms. The molecule has 0 spiro atoms. The van der Waals surface area contributed by atoms with Crippen LogP contribution in [0.3, 0.4) is 0 Å². The van der Waals surface area contributed by atoms with E-state index in [-0.39, 0.29) is 17.1 Å². The van der Waals surface area contributed by atoms with Gasteiger partial charge in [0.15, 0.2) is 0 Å². The first-order chi connectivity index (χ1) is 9.11. The number of carboxylic acid groups (broad SMARTS) is 1. The molecule has 0 amide bonds. The van der Waals surface area contributed by atoms with Gasteiger partial charge in [-0.3, -0.25) is 0 Å². The molecular formula is C14H10N2O3. The number of ether oxygens (including phenoxy) is 1. The van der Waals surface area contributed by atoms with Crippen LogP contribution in [-0.4, -0.2) is 11.1 Å². The Morgan fingerprint density at radius 1 is 1.21 bits per heavy atom. The Labute approximate surface area is 109 Å². The van der Waals surface area contributed by atoms with E-state index < -0.39 is 5.97 Å². The molecule has 0 aliphatic rings. The van der Waals surface area contributed by atoms with Crippen molar-refractivity contribution < 1.29 is 14.6 Å². The van der Waals surface area contributed by atoms with E-state index in [0.717, 1.165) is 0 Å². The summed E-state index contributed by atoms with van der Waals surface area (Å²) in [5.41, 5.74) is 6.31. The Hall–Kier alpha value is -3.00. The van der Waals surface area contributed by atoms with Gasteiger partial charge in [0.25, 0.3) is 0 Å². The summed E-state index contributed by atoms with van der Waals surface area (Å²) in [7, 11) is 0. The third-order valence-corrected chi connectivity index (χ3v) is 2.46. The number of carbonyl (C=O) groups is 1. The number of nitriles is 1. The summed E-state index contributed by atoms with van der Waals surface area (Å²) < 4.78 is 5.49. The van der Waals surface area contributed by atoms with Gasteiger partial charge in [0, 0.05) is 11.8 Å². The lowest BCUT2D eigenvalue weighted by molar-refractivity contribution is 0.0694. The molecule has 0 saturated heterocycles. The quantitative estimate of drug-likeness (QED) is 0.820. The van der Waals surface area contributed by atoms with Gasteiger partial charge in [-0.2, -0.15) is 5.26 Å². The molecule has 0 atom stereocenters. The smallest absolute Gasteiger partial charge is 0.339 e. The average Bonchev–Trinajstić information content (AvgIpc) is 2.39. The predicted molar refractivity (Wildman–Crippen MR) is 69.0 cm³/mol. The summed E-state index contributed by atoms with van der Waals surface area (Å²) in [5.74, 6) is -0.724. The van der Waals surface area contributed by atoms with Gasteiger partial charge < -0.3 is 15.6 Å². The molecule has 2 aromatic carbocycles. The molecule has 5 nitrogen and oxygen atoms in total. The fourth-order valence-corrected chi connectivity index (χ4v) is 1.57. The lowest BCUT2D eigenvalue weighted by Gasteiger charge is -2.10. The van der Waals surface area contributed by atoms with Crippen molar-refractivity contribution >= 4 is 11.7 Å². The van der Waals surface area contributed by atoms with Crippen LogP contribution in [0.1, 0.15) is 15.9 Å². The molecule has 2 rings (SSSR count). The summed E-state index contributed by atoms with van der Waals surface area (Å²) in [6, 6.07) is 12.8. The summed E-state index contributed by atoms with van der Waals surface area (Å²) in [5, 5.41) is 18.0. The molecule has 0 heterocycles. The maximum atomic E-state index is 11.1. The van der Waals surface area contributed by atoms with Gasteiger partial charge in [-0.05, 0) is 24.3 Å². The number of aromatic carboxylic acids is 1. The van der Waals surface area contributed by atoms with Crippen LogP contribution in [0, 0.1) is 11.3 Å². The van der Waals surface area contributed by atoms with Crippen LogP contribution in [-0.2, 0) is 0 Å². The number of carboxylic acids is 1. The number of para-hydroxylation sites is 1. The van der Waals surface area contributed by atoms with Crippen LogP contribution in [0.2, 0.25) is 0 Å². The van der Waals surface area contributed by atoms with E-state index in [1.54, 1.807) is 24.3 Å². The second kappa shape index (κ2) is 5.10. The predicted octanol–water partition coefficient (Wildman–Crippen LogP) is 2.63. The highest BCUT2D eigenvalue weighted by Gasteiger charge is 2.13. The normalized spacial score (nSPS) is 9.63. The molecule has 0 saturated carbocycles. The van der Waals surface area contributed by atoms with E-state index >= 15 is 0 Å². The third kappa shape index (κ3) is 2.64. The van der Waals surface area contributed by atoms with Crippen LogP contribution in [0.25, 0.3) is 0 Å². The number of hydrogen-bond donors (Lipinski definition) is 2. The molecule has 0 aliphatic heterocycles. The number of anilines is 1. The molecule has 0 aromatic heterocycles.